The third-order valence-corrected chi connectivity index (χ3v) is 3.79. The van der Waals surface area contributed by atoms with Crippen LogP contribution >= 0.6 is 0 Å². The molecule has 0 radical (unpaired) electrons. The highest BCUT2D eigenvalue weighted by Gasteiger charge is 2.07. The summed E-state index contributed by atoms with van der Waals surface area (Å²) in [6.45, 7) is 5.52. The van der Waals surface area contributed by atoms with Gasteiger partial charge in [-0.3, -0.25) is 0 Å². The van der Waals surface area contributed by atoms with Crippen LogP contribution in [0.25, 0.3) is 0 Å². The molecule has 146 valence electrons. The molecule has 0 saturated carbocycles. The average Bonchev–Trinajstić information content (AvgIpc) is 2.64. The SMILES string of the molecule is CCCCOC(=O)c1ccc(NC(=O)NCCCN(C)CCOC)cc1. The fraction of sp³-hybridized carbons (Fsp3) is 0.579. The minimum Gasteiger partial charge on any atom is -0.462 e. The summed E-state index contributed by atoms with van der Waals surface area (Å²) in [7, 11) is 3.70. The highest BCUT2D eigenvalue weighted by atomic mass is 16.5. The molecule has 0 aliphatic rings. The third kappa shape index (κ3) is 9.39. The molecule has 0 saturated heterocycles. The molecule has 0 aliphatic carbocycles. The van der Waals surface area contributed by atoms with E-state index in [1.165, 1.54) is 0 Å². The first-order chi connectivity index (χ1) is 12.6. The molecule has 0 spiro atoms. The fourth-order valence-corrected chi connectivity index (χ4v) is 2.17. The van der Waals surface area contributed by atoms with Crippen LogP contribution in [-0.2, 0) is 9.47 Å². The largest absolute Gasteiger partial charge is 0.462 e. The summed E-state index contributed by atoms with van der Waals surface area (Å²) >= 11 is 0. The van der Waals surface area contributed by atoms with Crippen molar-refractivity contribution in [1.29, 1.82) is 0 Å². The second kappa shape index (κ2) is 13.1. The summed E-state index contributed by atoms with van der Waals surface area (Å²) < 4.78 is 10.2. The number of carbonyl (C=O) groups is 2. The van der Waals surface area contributed by atoms with E-state index in [-0.39, 0.29) is 12.0 Å². The first-order valence-electron chi connectivity index (χ1n) is 9.06. The van der Waals surface area contributed by atoms with Gasteiger partial charge in [-0.1, -0.05) is 13.3 Å². The van der Waals surface area contributed by atoms with Crippen LogP contribution in [0.15, 0.2) is 24.3 Å². The lowest BCUT2D eigenvalue weighted by Gasteiger charge is -2.16. The van der Waals surface area contributed by atoms with Crippen molar-refractivity contribution in [3.8, 4) is 0 Å². The Morgan fingerprint density at radius 1 is 1.08 bits per heavy atom. The lowest BCUT2D eigenvalue weighted by molar-refractivity contribution is 0.0500. The molecule has 0 bridgehead atoms. The van der Waals surface area contributed by atoms with Crippen LogP contribution in [0.1, 0.15) is 36.5 Å². The fourth-order valence-electron chi connectivity index (χ4n) is 2.17. The summed E-state index contributed by atoms with van der Waals surface area (Å²) in [5.74, 6) is -0.341. The molecule has 26 heavy (non-hydrogen) atoms. The van der Waals surface area contributed by atoms with Gasteiger partial charge in [0.05, 0.1) is 18.8 Å². The summed E-state index contributed by atoms with van der Waals surface area (Å²) in [6, 6.07) is 6.41. The normalized spacial score (nSPS) is 10.6. The molecular formula is C19H31N3O4. The summed E-state index contributed by atoms with van der Waals surface area (Å²) in [4.78, 5) is 25.8. The molecule has 2 amide bonds. The molecule has 0 heterocycles. The number of ether oxygens (including phenoxy) is 2. The standard InChI is InChI=1S/C19H31N3O4/c1-4-5-14-26-18(23)16-7-9-17(10-8-16)21-19(24)20-11-6-12-22(2)13-15-25-3/h7-10H,4-6,11-15H2,1-3H3,(H2,20,21,24). The van der Waals surface area contributed by atoms with E-state index in [4.69, 9.17) is 9.47 Å². The average molecular weight is 365 g/mol. The number of esters is 1. The highest BCUT2D eigenvalue weighted by Crippen LogP contribution is 2.10. The number of rotatable bonds is 12. The van der Waals surface area contributed by atoms with E-state index in [1.54, 1.807) is 31.4 Å². The van der Waals surface area contributed by atoms with Gasteiger partial charge in [-0.25, -0.2) is 9.59 Å². The Bertz CT molecular complexity index is 534. The topological polar surface area (TPSA) is 79.9 Å². The van der Waals surface area contributed by atoms with Crippen LogP contribution in [-0.4, -0.2) is 63.9 Å². The minimum atomic E-state index is -0.341. The van der Waals surface area contributed by atoms with Gasteiger partial charge in [0, 0.05) is 25.9 Å². The van der Waals surface area contributed by atoms with Gasteiger partial charge in [0.2, 0.25) is 0 Å². The van der Waals surface area contributed by atoms with Crippen LogP contribution in [0.4, 0.5) is 10.5 Å². The molecule has 0 aromatic heterocycles. The Labute approximate surface area is 156 Å². The van der Waals surface area contributed by atoms with E-state index in [0.29, 0.717) is 31.0 Å². The summed E-state index contributed by atoms with van der Waals surface area (Å²) in [6.07, 6.45) is 2.69. The number of methoxy groups -OCH3 is 1. The molecule has 1 aromatic carbocycles. The van der Waals surface area contributed by atoms with Gasteiger partial charge in [-0.15, -0.1) is 0 Å². The summed E-state index contributed by atoms with van der Waals surface area (Å²) in [5.41, 5.74) is 1.11. The Morgan fingerprint density at radius 2 is 1.81 bits per heavy atom. The predicted molar refractivity (Wildman–Crippen MR) is 103 cm³/mol. The number of amides is 2. The Morgan fingerprint density at radius 3 is 2.46 bits per heavy atom. The number of benzene rings is 1. The minimum absolute atomic E-state index is 0.261. The van der Waals surface area contributed by atoms with E-state index in [1.807, 2.05) is 14.0 Å². The molecule has 2 N–H and O–H groups in total. The third-order valence-electron chi connectivity index (χ3n) is 3.79. The second-order valence-corrected chi connectivity index (χ2v) is 6.10. The Kier molecular flexibility index (Phi) is 11.1. The van der Waals surface area contributed by atoms with Crippen LogP contribution < -0.4 is 10.6 Å². The molecule has 0 unspecified atom stereocenters. The van der Waals surface area contributed by atoms with E-state index >= 15 is 0 Å². The number of hydrogen-bond acceptors (Lipinski definition) is 5. The number of unbranched alkanes of at least 4 members (excludes halogenated alkanes) is 1. The van der Waals surface area contributed by atoms with Gasteiger partial charge in [0.25, 0.3) is 0 Å². The molecule has 1 aromatic rings. The van der Waals surface area contributed by atoms with Gasteiger partial charge >= 0.3 is 12.0 Å². The zero-order valence-corrected chi connectivity index (χ0v) is 16.0. The maximum Gasteiger partial charge on any atom is 0.338 e. The number of likely N-dealkylation sites (N-methyl/N-ethyl adjacent to an activating group) is 1. The van der Waals surface area contributed by atoms with Gasteiger partial charge in [0.1, 0.15) is 0 Å². The number of carbonyl (C=O) groups excluding carboxylic acids is 2. The van der Waals surface area contributed by atoms with Gasteiger partial charge in [-0.05, 0) is 50.7 Å². The van der Waals surface area contributed by atoms with Crippen LogP contribution in [0.3, 0.4) is 0 Å². The number of nitrogens with one attached hydrogen (secondary N) is 2. The zero-order valence-electron chi connectivity index (χ0n) is 16.0. The molecule has 0 aliphatic heterocycles. The quantitative estimate of drug-likeness (QED) is 0.440. The van der Waals surface area contributed by atoms with Crippen molar-refractivity contribution in [2.75, 3.05) is 52.3 Å². The smallest absolute Gasteiger partial charge is 0.338 e. The Hall–Kier alpha value is -2.12. The van der Waals surface area contributed by atoms with Crippen molar-refractivity contribution in [2.45, 2.75) is 26.2 Å². The molecule has 0 atom stereocenters. The van der Waals surface area contributed by atoms with Crippen molar-refractivity contribution in [3.63, 3.8) is 0 Å². The van der Waals surface area contributed by atoms with Crippen molar-refractivity contribution < 1.29 is 19.1 Å². The van der Waals surface area contributed by atoms with Crippen LogP contribution in [0.5, 0.6) is 0 Å². The van der Waals surface area contributed by atoms with Crippen molar-refractivity contribution in [3.05, 3.63) is 29.8 Å². The van der Waals surface area contributed by atoms with E-state index in [9.17, 15) is 9.59 Å². The molecule has 0 fully saturated rings. The number of anilines is 1. The molecular weight excluding hydrogens is 334 g/mol. The van der Waals surface area contributed by atoms with E-state index < -0.39 is 0 Å². The number of hydrogen-bond donors (Lipinski definition) is 2. The van der Waals surface area contributed by atoms with Crippen molar-refractivity contribution in [2.24, 2.45) is 0 Å². The van der Waals surface area contributed by atoms with E-state index in [2.05, 4.69) is 15.5 Å². The van der Waals surface area contributed by atoms with Crippen molar-refractivity contribution in [1.82, 2.24) is 10.2 Å². The highest BCUT2D eigenvalue weighted by molar-refractivity contribution is 5.92. The number of nitrogens with zero attached hydrogens (tertiary/aromatic N) is 1. The first kappa shape index (κ1) is 21.9. The van der Waals surface area contributed by atoms with E-state index in [0.717, 1.165) is 32.4 Å². The van der Waals surface area contributed by atoms with Crippen LogP contribution in [0, 0.1) is 0 Å². The first-order valence-corrected chi connectivity index (χ1v) is 9.06. The zero-order chi connectivity index (χ0) is 19.2. The maximum atomic E-state index is 11.9. The van der Waals surface area contributed by atoms with Crippen LogP contribution in [0.2, 0.25) is 0 Å². The monoisotopic (exact) mass is 365 g/mol. The molecule has 7 nitrogen and oxygen atoms in total. The lowest BCUT2D eigenvalue weighted by atomic mass is 10.2. The van der Waals surface area contributed by atoms with Crippen molar-refractivity contribution >= 4 is 17.7 Å². The van der Waals surface area contributed by atoms with Gasteiger partial charge in [0.15, 0.2) is 0 Å². The summed E-state index contributed by atoms with van der Waals surface area (Å²) in [5, 5.41) is 5.56. The predicted octanol–water partition coefficient (Wildman–Crippen LogP) is 2.73. The van der Waals surface area contributed by atoms with Gasteiger partial charge in [-0.2, -0.15) is 0 Å². The molecule has 1 rings (SSSR count). The molecule has 7 heteroatoms. The lowest BCUT2D eigenvalue weighted by Crippen LogP contribution is -2.32. The maximum absolute atomic E-state index is 11.9. The Balaban J connectivity index is 2.26. The number of urea groups is 1. The van der Waals surface area contributed by atoms with Gasteiger partial charge < -0.3 is 25.0 Å². The second-order valence-electron chi connectivity index (χ2n) is 6.10.